The van der Waals surface area contributed by atoms with Crippen LogP contribution >= 0.6 is 15.9 Å². The van der Waals surface area contributed by atoms with Gasteiger partial charge in [0.2, 0.25) is 0 Å². The normalized spacial score (nSPS) is 14.9. The van der Waals surface area contributed by atoms with Crippen LogP contribution in [-0.4, -0.2) is 34.9 Å². The van der Waals surface area contributed by atoms with Crippen LogP contribution in [0.25, 0.3) is 10.9 Å². The van der Waals surface area contributed by atoms with Crippen LogP contribution in [0, 0.1) is 22.9 Å². The Labute approximate surface area is 298 Å². The van der Waals surface area contributed by atoms with E-state index in [9.17, 15) is 31.1 Å². The van der Waals surface area contributed by atoms with Crippen LogP contribution in [0.2, 0.25) is 0 Å². The van der Waals surface area contributed by atoms with Gasteiger partial charge < -0.3 is 18.6 Å². The fourth-order valence-corrected chi connectivity index (χ4v) is 5.80. The van der Waals surface area contributed by atoms with Crippen LogP contribution < -0.4 is 15.8 Å². The molecule has 0 spiro atoms. The molecule has 0 amide bonds. The first-order valence-electron chi connectivity index (χ1n) is 15.9. The number of ether oxygens (including phenoxy) is 1. The lowest BCUT2D eigenvalue weighted by Crippen LogP contribution is -2.49. The van der Waals surface area contributed by atoms with E-state index in [0.717, 1.165) is 29.7 Å². The monoisotopic (exact) mass is 775 g/mol. The van der Waals surface area contributed by atoms with E-state index in [1.54, 1.807) is 0 Å². The Morgan fingerprint density at radius 3 is 2.29 bits per heavy atom. The van der Waals surface area contributed by atoms with Gasteiger partial charge in [0, 0.05) is 52.7 Å². The van der Waals surface area contributed by atoms with Crippen LogP contribution in [0.4, 0.5) is 26.3 Å². The molecule has 0 N–H and O–H groups in total. The van der Waals surface area contributed by atoms with Crippen molar-refractivity contribution in [3.05, 3.63) is 122 Å². The smallest absolute Gasteiger partial charge is 0.457 e. The van der Waals surface area contributed by atoms with Crippen molar-refractivity contribution >= 4 is 39.4 Å². The quantitative estimate of drug-likeness (QED) is 0.122. The molecule has 5 aromatic rings. The van der Waals surface area contributed by atoms with Gasteiger partial charge in [-0.2, -0.15) is 18.2 Å². The number of nitrogens with zero attached hydrogens (tertiary/aromatic N) is 3. The second-order valence-electron chi connectivity index (χ2n) is 12.8. The molecule has 51 heavy (non-hydrogen) atoms. The third-order valence-electron chi connectivity index (χ3n) is 8.02. The number of aryl methyl sites for hydroxylation is 1. The number of aromatic nitrogens is 3. The third kappa shape index (κ3) is 9.00. The molecule has 7 nitrogen and oxygen atoms in total. The molecule has 268 valence electrons. The summed E-state index contributed by atoms with van der Waals surface area (Å²) in [4.78, 5) is 20.6. The zero-order chi connectivity index (χ0) is 37.1. The summed E-state index contributed by atoms with van der Waals surface area (Å²) >= 11 is 3.33. The van der Waals surface area contributed by atoms with E-state index in [4.69, 9.17) is 14.0 Å². The summed E-state index contributed by atoms with van der Waals surface area (Å²) in [6.45, 7) is 7.69. The summed E-state index contributed by atoms with van der Waals surface area (Å²) in [6, 6.07) is 11.7. The molecular weight excluding hydrogens is 743 g/mol. The molecule has 0 bridgehead atoms. The molecule has 3 aromatic carbocycles. The number of hydrogen-bond acceptors (Lipinski definition) is 6. The maximum Gasteiger partial charge on any atom is 0.494 e. The van der Waals surface area contributed by atoms with E-state index >= 15 is 0 Å². The van der Waals surface area contributed by atoms with Gasteiger partial charge in [0.05, 0.1) is 28.8 Å². The van der Waals surface area contributed by atoms with E-state index in [1.807, 2.05) is 32.2 Å². The second kappa shape index (κ2) is 15.6. The largest absolute Gasteiger partial charge is 0.494 e. The molecule has 0 unspecified atom stereocenters. The Balaban J connectivity index is 0.000000435. The van der Waals surface area contributed by atoms with Crippen molar-refractivity contribution in [1.29, 1.82) is 0 Å². The molecule has 1 fully saturated rings. The highest BCUT2D eigenvalue weighted by molar-refractivity contribution is 9.10. The predicted octanol–water partition coefficient (Wildman–Crippen LogP) is 8.80. The summed E-state index contributed by atoms with van der Waals surface area (Å²) in [5, 5.41) is -0.0781. The molecule has 1 saturated heterocycles. The van der Waals surface area contributed by atoms with Crippen LogP contribution in [0.3, 0.4) is 0 Å². The van der Waals surface area contributed by atoms with E-state index in [2.05, 4.69) is 32.8 Å². The fraction of sp³-hybridized carbons (Fsp3) is 0.306. The summed E-state index contributed by atoms with van der Waals surface area (Å²) in [5.74, 6) is -4.00. The van der Waals surface area contributed by atoms with Gasteiger partial charge in [-0.05, 0) is 71.1 Å². The van der Waals surface area contributed by atoms with Gasteiger partial charge in [-0.1, -0.05) is 39.3 Å². The van der Waals surface area contributed by atoms with Crippen molar-refractivity contribution in [2.45, 2.75) is 52.8 Å². The van der Waals surface area contributed by atoms with Gasteiger partial charge in [-0.3, -0.25) is 9.78 Å². The first-order valence-corrected chi connectivity index (χ1v) is 16.7. The Kier molecular flexibility index (Phi) is 11.6. The SMILES string of the molecule is CCCc1ccc(Br)cn1.C[C@H](c1c(F)cc(F)cc1F)n1cnc(=O)c2cc(Oc3cccc(B4OCC(C)(C)CO4)c3C(F)(F)F)ccc21. The van der Waals surface area contributed by atoms with Crippen LogP contribution in [0.1, 0.15) is 57.0 Å². The summed E-state index contributed by atoms with van der Waals surface area (Å²) in [7, 11) is -1.26. The van der Waals surface area contributed by atoms with Gasteiger partial charge in [0.15, 0.2) is 0 Å². The number of pyridine rings is 1. The van der Waals surface area contributed by atoms with E-state index in [-0.39, 0.29) is 40.7 Å². The van der Waals surface area contributed by atoms with Gasteiger partial charge in [-0.15, -0.1) is 0 Å². The molecule has 0 saturated carbocycles. The Morgan fingerprint density at radius 2 is 1.69 bits per heavy atom. The number of rotatable bonds is 7. The fourth-order valence-electron chi connectivity index (χ4n) is 5.56. The predicted molar refractivity (Wildman–Crippen MR) is 185 cm³/mol. The zero-order valence-electron chi connectivity index (χ0n) is 28.0. The molecule has 1 aliphatic heterocycles. The van der Waals surface area contributed by atoms with Crippen molar-refractivity contribution in [2.75, 3.05) is 13.2 Å². The van der Waals surface area contributed by atoms with E-state index < -0.39 is 59.2 Å². The van der Waals surface area contributed by atoms with Crippen LogP contribution in [0.15, 0.2) is 82.5 Å². The topological polar surface area (TPSA) is 75.5 Å². The van der Waals surface area contributed by atoms with Gasteiger partial charge >= 0.3 is 13.3 Å². The number of alkyl halides is 3. The average molecular weight is 776 g/mol. The van der Waals surface area contributed by atoms with Crippen LogP contribution in [-0.2, 0) is 21.9 Å². The summed E-state index contributed by atoms with van der Waals surface area (Å²) in [5.41, 5.74) is -1.57. The minimum absolute atomic E-state index is 0.0781. The lowest BCUT2D eigenvalue weighted by molar-refractivity contribution is -0.138. The Bertz CT molecular complexity index is 2050. The molecule has 0 aliphatic carbocycles. The second-order valence-corrected chi connectivity index (χ2v) is 13.7. The van der Waals surface area contributed by atoms with Gasteiger partial charge in [0.25, 0.3) is 5.56 Å². The first kappa shape index (κ1) is 38.0. The Hall–Kier alpha value is -4.21. The maximum absolute atomic E-state index is 14.5. The van der Waals surface area contributed by atoms with Gasteiger partial charge in [-0.25, -0.2) is 13.2 Å². The number of benzene rings is 3. The molecule has 1 aliphatic rings. The lowest BCUT2D eigenvalue weighted by atomic mass is 9.73. The molecular formula is C36H33BBrF6N3O4. The highest BCUT2D eigenvalue weighted by Gasteiger charge is 2.43. The third-order valence-corrected chi connectivity index (χ3v) is 8.49. The minimum Gasteiger partial charge on any atom is -0.457 e. The van der Waals surface area contributed by atoms with E-state index in [1.165, 1.54) is 47.5 Å². The van der Waals surface area contributed by atoms with E-state index in [0.29, 0.717) is 12.1 Å². The molecule has 15 heteroatoms. The minimum atomic E-state index is -4.84. The molecule has 6 rings (SSSR count). The molecule has 0 radical (unpaired) electrons. The standard InChI is InChI=1S/C28H23BF6N2O4.C8H10BrN/c1-15(24-20(31)9-16(30)10-21(24)32)37-14-36-26(38)18-11-17(7-8-22(18)37)41-23-6-4-5-19(25(23)28(33,34)35)29-39-12-27(2,3)13-40-29;1-2-3-8-5-4-7(9)6-10-8/h4-11,14-15H,12-13H2,1-3H3;4-6H,2-3H2,1H3/t15-;/m1./s1. The molecule has 1 atom stereocenters. The maximum atomic E-state index is 14.5. The summed E-state index contributed by atoms with van der Waals surface area (Å²) in [6.07, 6.45) is 0.317. The highest BCUT2D eigenvalue weighted by atomic mass is 79.9. The van der Waals surface area contributed by atoms with Crippen molar-refractivity contribution < 1.29 is 40.4 Å². The van der Waals surface area contributed by atoms with Crippen molar-refractivity contribution in [3.8, 4) is 11.5 Å². The van der Waals surface area contributed by atoms with Crippen molar-refractivity contribution in [1.82, 2.24) is 14.5 Å². The Morgan fingerprint density at radius 1 is 1.00 bits per heavy atom. The zero-order valence-corrected chi connectivity index (χ0v) is 29.6. The summed E-state index contributed by atoms with van der Waals surface area (Å²) < 4.78 is 104. The number of fused-ring (bicyclic) bond motifs is 1. The van der Waals surface area contributed by atoms with Gasteiger partial charge in [0.1, 0.15) is 29.0 Å². The van der Waals surface area contributed by atoms with Crippen LogP contribution in [0.5, 0.6) is 11.5 Å². The number of halogens is 7. The first-order chi connectivity index (χ1) is 24.1. The van der Waals surface area contributed by atoms with Crippen molar-refractivity contribution in [3.63, 3.8) is 0 Å². The highest BCUT2D eigenvalue weighted by Crippen LogP contribution is 2.38. The lowest BCUT2D eigenvalue weighted by Gasteiger charge is -2.34. The van der Waals surface area contributed by atoms with Crippen molar-refractivity contribution in [2.24, 2.45) is 5.41 Å². The number of hydrogen-bond donors (Lipinski definition) is 0. The average Bonchev–Trinajstić information content (AvgIpc) is 3.05. The molecule has 2 aromatic heterocycles. The molecule has 3 heterocycles.